The van der Waals surface area contributed by atoms with Crippen LogP contribution in [0.15, 0.2) is 24.3 Å². The van der Waals surface area contributed by atoms with E-state index < -0.39 is 10.1 Å². The molecule has 0 aromatic heterocycles. The van der Waals surface area contributed by atoms with Crippen LogP contribution in [-0.2, 0) is 21.3 Å². The zero-order valence-electron chi connectivity index (χ0n) is 14.6. The maximum absolute atomic E-state index is 10.6. The van der Waals surface area contributed by atoms with Crippen LogP contribution in [0.25, 0.3) is 0 Å². The maximum Gasteiger partial charge on any atom is 0.264 e. The highest BCUT2D eigenvalue weighted by molar-refractivity contribution is 7.85. The van der Waals surface area contributed by atoms with Gasteiger partial charge >= 0.3 is 0 Å². The van der Waals surface area contributed by atoms with Gasteiger partial charge in [0.1, 0.15) is 5.75 Å². The van der Waals surface area contributed by atoms with Crippen molar-refractivity contribution in [3.63, 3.8) is 0 Å². The number of benzene rings is 1. The van der Waals surface area contributed by atoms with Gasteiger partial charge in [0.15, 0.2) is 0 Å². The molecule has 1 rings (SSSR count). The molecule has 0 heterocycles. The molecule has 0 aliphatic carbocycles. The van der Waals surface area contributed by atoms with Gasteiger partial charge in [0.25, 0.3) is 10.1 Å². The Morgan fingerprint density at radius 2 is 1.58 bits per heavy atom. The average molecular weight is 358 g/mol. The average Bonchev–Trinajstić information content (AvgIpc) is 2.54. The molecule has 0 amide bonds. The lowest BCUT2D eigenvalue weighted by atomic mass is 10.1. The van der Waals surface area contributed by atoms with Crippen LogP contribution in [-0.4, -0.2) is 38.5 Å². The molecule has 0 saturated carbocycles. The minimum atomic E-state index is -3.83. The van der Waals surface area contributed by atoms with Crippen molar-refractivity contribution in [2.75, 3.05) is 25.6 Å². The molecular formula is C18H30O5S. The van der Waals surface area contributed by atoms with E-state index in [2.05, 4.69) is 0 Å². The molecule has 5 nitrogen and oxygen atoms in total. The van der Waals surface area contributed by atoms with Crippen LogP contribution in [0, 0.1) is 0 Å². The van der Waals surface area contributed by atoms with Crippen molar-refractivity contribution < 1.29 is 22.4 Å². The summed E-state index contributed by atoms with van der Waals surface area (Å²) in [4.78, 5) is 0. The first-order chi connectivity index (χ1) is 11.5. The van der Waals surface area contributed by atoms with E-state index in [-0.39, 0.29) is 5.75 Å². The molecule has 0 spiro atoms. The molecule has 0 aliphatic heterocycles. The predicted octanol–water partition coefficient (Wildman–Crippen LogP) is 3.87. The van der Waals surface area contributed by atoms with Crippen LogP contribution in [0.2, 0.25) is 0 Å². The van der Waals surface area contributed by atoms with Gasteiger partial charge in [-0.05, 0) is 63.1 Å². The molecule has 0 aliphatic rings. The fourth-order valence-corrected chi connectivity index (χ4v) is 2.93. The zero-order valence-corrected chi connectivity index (χ0v) is 15.4. The number of ether oxygens (including phenoxy) is 2. The summed E-state index contributed by atoms with van der Waals surface area (Å²) in [7, 11) is -3.83. The van der Waals surface area contributed by atoms with Gasteiger partial charge in [-0.1, -0.05) is 18.6 Å². The summed E-state index contributed by atoms with van der Waals surface area (Å²) >= 11 is 0. The van der Waals surface area contributed by atoms with Gasteiger partial charge in [-0.3, -0.25) is 4.55 Å². The van der Waals surface area contributed by atoms with E-state index in [9.17, 15) is 8.42 Å². The van der Waals surface area contributed by atoms with Crippen LogP contribution >= 0.6 is 0 Å². The predicted molar refractivity (Wildman–Crippen MR) is 96.3 cm³/mol. The van der Waals surface area contributed by atoms with Crippen molar-refractivity contribution >= 4 is 10.1 Å². The summed E-state index contributed by atoms with van der Waals surface area (Å²) in [6, 6.07) is 7.91. The highest BCUT2D eigenvalue weighted by atomic mass is 32.2. The minimum absolute atomic E-state index is 0.168. The van der Waals surface area contributed by atoms with Crippen molar-refractivity contribution in [2.24, 2.45) is 0 Å². The number of hydrogen-bond acceptors (Lipinski definition) is 4. The normalized spacial score (nSPS) is 11.6. The largest absolute Gasteiger partial charge is 0.494 e. The smallest absolute Gasteiger partial charge is 0.264 e. The van der Waals surface area contributed by atoms with Gasteiger partial charge in [0.2, 0.25) is 0 Å². The second-order valence-corrected chi connectivity index (χ2v) is 7.42. The van der Waals surface area contributed by atoms with Gasteiger partial charge < -0.3 is 9.47 Å². The number of hydrogen-bond donors (Lipinski definition) is 1. The zero-order chi connectivity index (χ0) is 17.7. The summed E-state index contributed by atoms with van der Waals surface area (Å²) in [5, 5.41) is 0. The quantitative estimate of drug-likeness (QED) is 0.404. The Hall–Kier alpha value is -1.11. The Kier molecular flexibility index (Phi) is 10.7. The summed E-state index contributed by atoms with van der Waals surface area (Å²) in [6.45, 7) is 4.38. The van der Waals surface area contributed by atoms with Crippen molar-refractivity contribution in [3.8, 4) is 5.75 Å². The third kappa shape index (κ3) is 11.4. The Morgan fingerprint density at radius 1 is 0.917 bits per heavy atom. The molecular weight excluding hydrogens is 328 g/mol. The molecule has 0 fully saturated rings. The van der Waals surface area contributed by atoms with E-state index in [0.717, 1.165) is 63.2 Å². The summed E-state index contributed by atoms with van der Waals surface area (Å²) < 4.78 is 41.0. The van der Waals surface area contributed by atoms with E-state index in [1.165, 1.54) is 6.42 Å². The molecule has 0 bridgehead atoms. The van der Waals surface area contributed by atoms with Crippen molar-refractivity contribution in [2.45, 2.75) is 51.9 Å². The summed E-state index contributed by atoms with van der Waals surface area (Å²) in [5.74, 6) is 0.699. The summed E-state index contributed by atoms with van der Waals surface area (Å²) in [5.41, 5.74) is 1.15. The van der Waals surface area contributed by atoms with Crippen LogP contribution in [0.1, 0.15) is 51.0 Å². The lowest BCUT2D eigenvalue weighted by molar-refractivity contribution is 0.142. The monoisotopic (exact) mass is 358 g/mol. The van der Waals surface area contributed by atoms with Gasteiger partial charge in [0.05, 0.1) is 12.4 Å². The van der Waals surface area contributed by atoms with E-state index in [1.807, 2.05) is 31.2 Å². The first-order valence-corrected chi connectivity index (χ1v) is 10.4. The molecule has 138 valence electrons. The van der Waals surface area contributed by atoms with Gasteiger partial charge in [0, 0.05) is 13.2 Å². The van der Waals surface area contributed by atoms with Gasteiger partial charge in [-0.25, -0.2) is 0 Å². The highest BCUT2D eigenvalue weighted by Crippen LogP contribution is 2.15. The van der Waals surface area contributed by atoms with Gasteiger partial charge in [-0.2, -0.15) is 8.42 Å². The highest BCUT2D eigenvalue weighted by Gasteiger charge is 2.03. The van der Waals surface area contributed by atoms with Crippen LogP contribution in [0.5, 0.6) is 5.75 Å². The Morgan fingerprint density at radius 3 is 2.21 bits per heavy atom. The third-order valence-electron chi connectivity index (χ3n) is 3.70. The molecule has 1 N–H and O–H groups in total. The molecule has 1 aromatic rings. The SMILES string of the molecule is CCOCCCCCCOc1ccc(CCCCS(=O)(=O)O)cc1. The number of unbranched alkanes of at least 4 members (excludes halogenated alkanes) is 4. The minimum Gasteiger partial charge on any atom is -0.494 e. The maximum atomic E-state index is 10.6. The molecule has 0 unspecified atom stereocenters. The third-order valence-corrected chi connectivity index (χ3v) is 4.50. The Labute approximate surface area is 146 Å². The standard InChI is InChI=1S/C18H30O5S/c1-2-22-14-6-3-4-7-15-23-18-12-10-17(11-13-18)9-5-8-16-24(19,20)21/h10-13H,2-9,14-16H2,1H3,(H,19,20,21). The van der Waals surface area contributed by atoms with Crippen molar-refractivity contribution in [1.82, 2.24) is 0 Å². The lowest BCUT2D eigenvalue weighted by Gasteiger charge is -2.07. The molecule has 0 radical (unpaired) electrons. The summed E-state index contributed by atoms with van der Waals surface area (Å²) in [6.07, 6.45) is 6.49. The first kappa shape index (κ1) is 20.9. The van der Waals surface area contributed by atoms with Gasteiger partial charge in [-0.15, -0.1) is 0 Å². The second-order valence-electron chi connectivity index (χ2n) is 5.85. The van der Waals surface area contributed by atoms with Crippen LogP contribution < -0.4 is 4.74 Å². The van der Waals surface area contributed by atoms with E-state index in [1.54, 1.807) is 0 Å². The molecule has 6 heteroatoms. The molecule has 0 saturated heterocycles. The fourth-order valence-electron chi connectivity index (χ4n) is 2.36. The Bertz CT molecular complexity index is 525. The molecule has 0 atom stereocenters. The van der Waals surface area contributed by atoms with E-state index >= 15 is 0 Å². The number of aryl methyl sites for hydroxylation is 1. The fraction of sp³-hybridized carbons (Fsp3) is 0.667. The second kappa shape index (κ2) is 12.3. The number of rotatable bonds is 14. The molecule has 24 heavy (non-hydrogen) atoms. The van der Waals surface area contributed by atoms with Crippen LogP contribution in [0.3, 0.4) is 0 Å². The van der Waals surface area contributed by atoms with E-state index in [0.29, 0.717) is 6.42 Å². The Balaban J connectivity index is 2.09. The molecule has 1 aromatic carbocycles. The van der Waals surface area contributed by atoms with E-state index in [4.69, 9.17) is 14.0 Å². The van der Waals surface area contributed by atoms with Crippen molar-refractivity contribution in [1.29, 1.82) is 0 Å². The van der Waals surface area contributed by atoms with Crippen LogP contribution in [0.4, 0.5) is 0 Å². The lowest BCUT2D eigenvalue weighted by Crippen LogP contribution is -2.03. The first-order valence-electron chi connectivity index (χ1n) is 8.76. The topological polar surface area (TPSA) is 72.8 Å². The van der Waals surface area contributed by atoms with Crippen molar-refractivity contribution in [3.05, 3.63) is 29.8 Å².